The van der Waals surface area contributed by atoms with E-state index in [0.29, 0.717) is 12.0 Å². The van der Waals surface area contributed by atoms with Crippen LogP contribution in [0.5, 0.6) is 0 Å². The van der Waals surface area contributed by atoms with Crippen LogP contribution in [-0.4, -0.2) is 45.7 Å². The number of aliphatic hydroxyl groups excluding tert-OH is 2. The summed E-state index contributed by atoms with van der Waals surface area (Å²) in [4.78, 5) is 11.7. The summed E-state index contributed by atoms with van der Waals surface area (Å²) in [7, 11) is 0. The first-order chi connectivity index (χ1) is 10.2. The highest BCUT2D eigenvalue weighted by molar-refractivity contribution is 5.82. The van der Waals surface area contributed by atoms with Gasteiger partial charge >= 0.3 is 5.97 Å². The number of ether oxygens (including phenoxy) is 1. The van der Waals surface area contributed by atoms with Gasteiger partial charge in [-0.05, 0) is 44.3 Å². The molecule has 0 radical (unpaired) electrons. The molecule has 22 heavy (non-hydrogen) atoms. The van der Waals surface area contributed by atoms with E-state index in [1.807, 2.05) is 13.8 Å². The van der Waals surface area contributed by atoms with Gasteiger partial charge in [-0.25, -0.2) is 4.79 Å². The normalized spacial score (nSPS) is 38.5. The average molecular weight is 310 g/mol. The van der Waals surface area contributed by atoms with Crippen molar-refractivity contribution in [2.45, 2.75) is 51.4 Å². The minimum atomic E-state index is -1.39. The van der Waals surface area contributed by atoms with Gasteiger partial charge in [0, 0.05) is 6.08 Å². The molecular formula is C17H26O5. The zero-order valence-electron chi connectivity index (χ0n) is 13.4. The van der Waals surface area contributed by atoms with Gasteiger partial charge in [-0.3, -0.25) is 0 Å². The fourth-order valence-corrected chi connectivity index (χ4v) is 2.09. The number of hydrogen-bond acceptors (Lipinski definition) is 5. The topological polar surface area (TPSA) is 87.0 Å². The molecule has 0 aromatic carbocycles. The number of carbonyl (C=O) groups is 1. The first-order valence-corrected chi connectivity index (χ1v) is 7.54. The minimum Gasteiger partial charge on any atom is -0.459 e. The first-order valence-electron chi connectivity index (χ1n) is 7.54. The molecule has 0 aromatic rings. The fraction of sp³-hybridized carbons (Fsp3) is 0.588. The summed E-state index contributed by atoms with van der Waals surface area (Å²) < 4.78 is 5.29. The molecule has 0 aromatic heterocycles. The Hall–Kier alpha value is -1.43. The van der Waals surface area contributed by atoms with Crippen LogP contribution in [0.2, 0.25) is 0 Å². The van der Waals surface area contributed by atoms with Crippen LogP contribution < -0.4 is 0 Å². The Balaban J connectivity index is 3.03. The molecule has 1 aliphatic rings. The van der Waals surface area contributed by atoms with E-state index in [1.54, 1.807) is 6.08 Å². The number of hydrogen-bond donors (Lipinski definition) is 3. The molecule has 0 saturated heterocycles. The second-order valence-corrected chi connectivity index (χ2v) is 6.00. The molecule has 1 heterocycles. The van der Waals surface area contributed by atoms with Crippen molar-refractivity contribution in [3.63, 3.8) is 0 Å². The van der Waals surface area contributed by atoms with E-state index in [2.05, 4.69) is 0 Å². The second kappa shape index (κ2) is 8.27. The number of allylic oxidation sites excluding steroid dienone is 1. The van der Waals surface area contributed by atoms with E-state index in [9.17, 15) is 20.1 Å². The third-order valence-electron chi connectivity index (χ3n) is 3.87. The molecule has 0 saturated carbocycles. The Kier molecular flexibility index (Phi) is 7.00. The number of cyclic esters (lactones) is 1. The third-order valence-corrected chi connectivity index (χ3v) is 3.87. The van der Waals surface area contributed by atoms with Crippen LogP contribution in [0.15, 0.2) is 36.0 Å². The lowest BCUT2D eigenvalue weighted by atomic mass is 9.97. The summed E-state index contributed by atoms with van der Waals surface area (Å²) in [5, 5.41) is 29.5. The lowest BCUT2D eigenvalue weighted by molar-refractivity contribution is -0.144. The van der Waals surface area contributed by atoms with Crippen LogP contribution in [0.3, 0.4) is 0 Å². The number of carbonyl (C=O) groups excluding carboxylic acids is 1. The van der Waals surface area contributed by atoms with Gasteiger partial charge < -0.3 is 20.1 Å². The summed E-state index contributed by atoms with van der Waals surface area (Å²) in [5.74, 6) is -0.359. The van der Waals surface area contributed by atoms with Crippen LogP contribution in [-0.2, 0) is 9.53 Å². The SMILES string of the molecule is C[C@H]1CC/C=C(\CO)[C@@H](O)C=C[C@@](C)(O)/C=C\C(=O)O[C@@H]1C. The van der Waals surface area contributed by atoms with Crippen LogP contribution in [0, 0.1) is 5.92 Å². The first kappa shape index (κ1) is 18.6. The summed E-state index contributed by atoms with van der Waals surface area (Å²) in [6.07, 6.45) is 7.28. The Morgan fingerprint density at radius 2 is 2.05 bits per heavy atom. The Labute approximate surface area is 131 Å². The van der Waals surface area contributed by atoms with E-state index >= 15 is 0 Å². The molecule has 0 aliphatic carbocycles. The summed E-state index contributed by atoms with van der Waals surface area (Å²) in [6.45, 7) is 5.04. The van der Waals surface area contributed by atoms with Gasteiger partial charge in [-0.15, -0.1) is 0 Å². The van der Waals surface area contributed by atoms with Crippen molar-refractivity contribution in [3.8, 4) is 0 Å². The highest BCUT2D eigenvalue weighted by Gasteiger charge is 2.18. The molecule has 124 valence electrons. The van der Waals surface area contributed by atoms with Gasteiger partial charge in [0.25, 0.3) is 0 Å². The quantitative estimate of drug-likeness (QED) is 0.504. The van der Waals surface area contributed by atoms with Crippen molar-refractivity contribution in [2.24, 2.45) is 5.92 Å². The van der Waals surface area contributed by atoms with E-state index in [0.717, 1.165) is 6.42 Å². The number of esters is 1. The van der Waals surface area contributed by atoms with Crippen molar-refractivity contribution in [1.82, 2.24) is 0 Å². The van der Waals surface area contributed by atoms with Gasteiger partial charge in [0.15, 0.2) is 0 Å². The summed E-state index contributed by atoms with van der Waals surface area (Å²) in [6, 6.07) is 0. The molecule has 1 rings (SSSR count). The Morgan fingerprint density at radius 3 is 2.68 bits per heavy atom. The monoisotopic (exact) mass is 310 g/mol. The molecule has 0 unspecified atom stereocenters. The van der Waals surface area contributed by atoms with Gasteiger partial charge in [0.05, 0.1) is 18.3 Å². The van der Waals surface area contributed by atoms with Crippen molar-refractivity contribution in [1.29, 1.82) is 0 Å². The van der Waals surface area contributed by atoms with Gasteiger partial charge in [0.2, 0.25) is 0 Å². The zero-order valence-corrected chi connectivity index (χ0v) is 13.4. The van der Waals surface area contributed by atoms with Crippen molar-refractivity contribution < 1.29 is 24.9 Å². The van der Waals surface area contributed by atoms with E-state index < -0.39 is 17.7 Å². The Bertz CT molecular complexity index is 462. The molecule has 1 aliphatic heterocycles. The van der Waals surface area contributed by atoms with Crippen LogP contribution in [0.4, 0.5) is 0 Å². The zero-order chi connectivity index (χ0) is 16.8. The van der Waals surface area contributed by atoms with Crippen LogP contribution >= 0.6 is 0 Å². The van der Waals surface area contributed by atoms with E-state index in [4.69, 9.17) is 4.74 Å². The van der Waals surface area contributed by atoms with Gasteiger partial charge in [-0.1, -0.05) is 25.2 Å². The fourth-order valence-electron chi connectivity index (χ4n) is 2.09. The standard InChI is InChI=1S/C17H26O5/c1-12-5-4-6-14(11-18)15(19)7-9-17(3,21)10-8-16(20)22-13(12)2/h6-10,12-13,15,18-19,21H,4-5,11H2,1-3H3/b9-7?,10-8-,14-6+/t12-,13+,15-,17+/m0/s1. The van der Waals surface area contributed by atoms with Gasteiger partial charge in [-0.2, -0.15) is 0 Å². The van der Waals surface area contributed by atoms with Crippen molar-refractivity contribution >= 4 is 5.97 Å². The highest BCUT2D eigenvalue weighted by Crippen LogP contribution is 2.18. The Morgan fingerprint density at radius 1 is 1.36 bits per heavy atom. The molecule has 4 atom stereocenters. The molecule has 3 N–H and O–H groups in total. The highest BCUT2D eigenvalue weighted by atomic mass is 16.5. The third kappa shape index (κ3) is 6.13. The second-order valence-electron chi connectivity index (χ2n) is 6.00. The number of rotatable bonds is 1. The van der Waals surface area contributed by atoms with Gasteiger partial charge in [0.1, 0.15) is 6.10 Å². The minimum absolute atomic E-state index is 0.143. The maximum absolute atomic E-state index is 11.7. The largest absolute Gasteiger partial charge is 0.459 e. The van der Waals surface area contributed by atoms with E-state index in [-0.39, 0.29) is 18.6 Å². The maximum atomic E-state index is 11.7. The molecule has 0 spiro atoms. The molecule has 0 fully saturated rings. The molecular weight excluding hydrogens is 284 g/mol. The predicted octanol–water partition coefficient (Wildman–Crippen LogP) is 1.49. The molecule has 5 nitrogen and oxygen atoms in total. The lowest BCUT2D eigenvalue weighted by Crippen LogP contribution is -2.23. The summed E-state index contributed by atoms with van der Waals surface area (Å²) in [5.41, 5.74) is -0.899. The smallest absolute Gasteiger partial charge is 0.330 e. The summed E-state index contributed by atoms with van der Waals surface area (Å²) >= 11 is 0. The predicted molar refractivity (Wildman–Crippen MR) is 84.0 cm³/mol. The molecule has 0 bridgehead atoms. The van der Waals surface area contributed by atoms with E-state index in [1.165, 1.54) is 31.2 Å². The lowest BCUT2D eigenvalue weighted by Gasteiger charge is -2.21. The average Bonchev–Trinajstić information content (AvgIpc) is 2.46. The van der Waals surface area contributed by atoms with Crippen LogP contribution in [0.1, 0.15) is 33.6 Å². The van der Waals surface area contributed by atoms with Crippen LogP contribution in [0.25, 0.3) is 0 Å². The number of aliphatic hydroxyl groups is 3. The van der Waals surface area contributed by atoms with Crippen molar-refractivity contribution in [3.05, 3.63) is 36.0 Å². The molecule has 5 heteroatoms. The van der Waals surface area contributed by atoms with Crippen molar-refractivity contribution in [2.75, 3.05) is 6.61 Å². The maximum Gasteiger partial charge on any atom is 0.330 e. The molecule has 0 amide bonds.